The van der Waals surface area contributed by atoms with Gasteiger partial charge in [-0.15, -0.1) is 0 Å². The summed E-state index contributed by atoms with van der Waals surface area (Å²) in [5, 5.41) is 22.5. The molecule has 3 aliphatic rings. The molecule has 2 N–H and O–H groups in total. The Morgan fingerprint density at radius 1 is 1.00 bits per heavy atom. The van der Waals surface area contributed by atoms with Crippen LogP contribution in [-0.2, 0) is 0 Å². The zero-order valence-corrected chi connectivity index (χ0v) is 22.1. The molecular formula is C30H35ClN2O4. The Kier molecular flexibility index (Phi) is 7.65. The second kappa shape index (κ2) is 10.9. The van der Waals surface area contributed by atoms with Gasteiger partial charge in [0.2, 0.25) is 0 Å². The first-order valence-corrected chi connectivity index (χ1v) is 13.8. The van der Waals surface area contributed by atoms with Gasteiger partial charge in [0.15, 0.2) is 0 Å². The molecule has 0 aromatic heterocycles. The highest BCUT2D eigenvalue weighted by atomic mass is 35.5. The molecule has 3 saturated carbocycles. The molecular weight excluding hydrogens is 488 g/mol. The van der Waals surface area contributed by atoms with Crippen molar-refractivity contribution in [3.63, 3.8) is 0 Å². The number of rotatable bonds is 6. The van der Waals surface area contributed by atoms with Crippen LogP contribution in [-0.4, -0.2) is 35.4 Å². The number of nitrogens with zero attached hydrogens (tertiary/aromatic N) is 1. The molecule has 2 aromatic rings. The Morgan fingerprint density at radius 2 is 1.68 bits per heavy atom. The standard InChI is InChI=1S/C30H35ClN2O4/c1-19-27(11-4-21(18-32)28(19)31)37-25-9-5-22(6-10-25)33-29(35)20-2-7-24(8-3-20)36-26-16-30(17-26)14-12-23(34)13-15-30/h2-4,7-8,11,22-23,25-26,34H,5-6,9-10,12-17H2,1H3,(H,33,35). The smallest absolute Gasteiger partial charge is 0.251 e. The Hall–Kier alpha value is -2.75. The first-order chi connectivity index (χ1) is 17.8. The van der Waals surface area contributed by atoms with Crippen molar-refractivity contribution in [3.05, 3.63) is 58.1 Å². The van der Waals surface area contributed by atoms with Crippen molar-refractivity contribution >= 4 is 17.5 Å². The second-order valence-corrected chi connectivity index (χ2v) is 11.5. The summed E-state index contributed by atoms with van der Waals surface area (Å²) < 4.78 is 12.3. The summed E-state index contributed by atoms with van der Waals surface area (Å²) >= 11 is 6.27. The van der Waals surface area contributed by atoms with Gasteiger partial charge in [0.05, 0.1) is 28.9 Å². The third kappa shape index (κ3) is 5.89. The molecule has 0 bridgehead atoms. The Labute approximate surface area is 223 Å². The van der Waals surface area contributed by atoms with Crippen LogP contribution in [0, 0.1) is 23.7 Å². The van der Waals surface area contributed by atoms with E-state index in [-0.39, 0.29) is 30.3 Å². The van der Waals surface area contributed by atoms with Crippen molar-refractivity contribution in [1.29, 1.82) is 5.26 Å². The van der Waals surface area contributed by atoms with Crippen LogP contribution in [0.1, 0.15) is 85.7 Å². The Balaban J connectivity index is 1.06. The van der Waals surface area contributed by atoms with Gasteiger partial charge >= 0.3 is 0 Å². The van der Waals surface area contributed by atoms with Crippen molar-refractivity contribution in [1.82, 2.24) is 5.32 Å². The summed E-state index contributed by atoms with van der Waals surface area (Å²) in [7, 11) is 0. The highest BCUT2D eigenvalue weighted by Gasteiger charge is 2.47. The maximum atomic E-state index is 12.8. The molecule has 0 unspecified atom stereocenters. The van der Waals surface area contributed by atoms with Crippen LogP contribution in [0.4, 0.5) is 0 Å². The molecule has 0 aliphatic heterocycles. The van der Waals surface area contributed by atoms with Crippen LogP contribution in [0.2, 0.25) is 5.02 Å². The molecule has 37 heavy (non-hydrogen) atoms. The number of carbonyl (C=O) groups is 1. The van der Waals surface area contributed by atoms with Gasteiger partial charge in [-0.1, -0.05) is 11.6 Å². The number of benzene rings is 2. The van der Waals surface area contributed by atoms with Gasteiger partial charge in [0.1, 0.15) is 17.6 Å². The zero-order chi connectivity index (χ0) is 26.0. The average Bonchev–Trinajstić information content (AvgIpc) is 2.89. The van der Waals surface area contributed by atoms with E-state index in [1.54, 1.807) is 6.07 Å². The van der Waals surface area contributed by atoms with Crippen molar-refractivity contribution in [2.45, 2.75) is 95.5 Å². The number of carbonyl (C=O) groups excluding carboxylic acids is 1. The number of amides is 1. The van der Waals surface area contributed by atoms with E-state index < -0.39 is 0 Å². The molecule has 1 amide bonds. The van der Waals surface area contributed by atoms with Crippen molar-refractivity contribution in [2.75, 3.05) is 0 Å². The fourth-order valence-electron chi connectivity index (χ4n) is 6.14. The topological polar surface area (TPSA) is 91.6 Å². The van der Waals surface area contributed by atoms with Gasteiger partial charge in [0.25, 0.3) is 5.91 Å². The van der Waals surface area contributed by atoms with E-state index in [0.29, 0.717) is 27.3 Å². The van der Waals surface area contributed by atoms with Crippen LogP contribution in [0.5, 0.6) is 11.5 Å². The molecule has 2 aromatic carbocycles. The number of aliphatic hydroxyl groups excluding tert-OH is 1. The van der Waals surface area contributed by atoms with Crippen LogP contribution < -0.4 is 14.8 Å². The van der Waals surface area contributed by atoms with Gasteiger partial charge in [-0.3, -0.25) is 4.79 Å². The molecule has 5 rings (SSSR count). The lowest BCUT2D eigenvalue weighted by atomic mass is 9.59. The SMILES string of the molecule is Cc1c(OC2CCC(NC(=O)c3ccc(OC4CC5(CCC(O)CC5)C4)cc3)CC2)ccc(C#N)c1Cl. The molecule has 7 heteroatoms. The molecule has 3 fully saturated rings. The highest BCUT2D eigenvalue weighted by molar-refractivity contribution is 6.32. The molecule has 0 atom stereocenters. The normalized spacial score (nSPS) is 29.1. The fraction of sp³-hybridized carbons (Fsp3) is 0.533. The van der Waals surface area contributed by atoms with E-state index in [4.69, 9.17) is 26.3 Å². The predicted octanol–water partition coefficient (Wildman–Crippen LogP) is 6.10. The number of hydrogen-bond donors (Lipinski definition) is 2. The number of nitriles is 1. The van der Waals surface area contributed by atoms with Crippen LogP contribution in [0.25, 0.3) is 0 Å². The number of nitrogens with one attached hydrogen (secondary N) is 1. The lowest BCUT2D eigenvalue weighted by Gasteiger charge is -2.50. The lowest BCUT2D eigenvalue weighted by Crippen LogP contribution is -2.46. The van der Waals surface area contributed by atoms with E-state index >= 15 is 0 Å². The minimum Gasteiger partial charge on any atom is -0.490 e. The Bertz CT molecular complexity index is 1150. The minimum atomic E-state index is -0.120. The largest absolute Gasteiger partial charge is 0.490 e. The number of halogens is 1. The van der Waals surface area contributed by atoms with Gasteiger partial charge in [0, 0.05) is 17.2 Å². The third-order valence-electron chi connectivity index (χ3n) is 8.52. The first-order valence-electron chi connectivity index (χ1n) is 13.5. The van der Waals surface area contributed by atoms with E-state index in [0.717, 1.165) is 75.5 Å². The van der Waals surface area contributed by atoms with Crippen molar-refractivity contribution < 1.29 is 19.4 Å². The quantitative estimate of drug-likeness (QED) is 0.478. The molecule has 1 spiro atoms. The monoisotopic (exact) mass is 522 g/mol. The van der Waals surface area contributed by atoms with Crippen molar-refractivity contribution in [2.24, 2.45) is 5.41 Å². The molecule has 6 nitrogen and oxygen atoms in total. The van der Waals surface area contributed by atoms with Crippen LogP contribution >= 0.6 is 11.6 Å². The number of ether oxygens (including phenoxy) is 2. The van der Waals surface area contributed by atoms with Crippen LogP contribution in [0.3, 0.4) is 0 Å². The maximum absolute atomic E-state index is 12.8. The van der Waals surface area contributed by atoms with Gasteiger partial charge in [-0.2, -0.15) is 5.26 Å². The lowest BCUT2D eigenvalue weighted by molar-refractivity contribution is -0.0614. The second-order valence-electron chi connectivity index (χ2n) is 11.1. The molecule has 196 valence electrons. The summed E-state index contributed by atoms with van der Waals surface area (Å²) in [6.07, 6.45) is 9.72. The van der Waals surface area contributed by atoms with Crippen LogP contribution in [0.15, 0.2) is 36.4 Å². The maximum Gasteiger partial charge on any atom is 0.251 e. The van der Waals surface area contributed by atoms with E-state index in [1.807, 2.05) is 37.3 Å². The number of hydrogen-bond acceptors (Lipinski definition) is 5. The average molecular weight is 523 g/mol. The fourth-order valence-corrected chi connectivity index (χ4v) is 6.34. The van der Waals surface area contributed by atoms with Gasteiger partial charge in [-0.25, -0.2) is 0 Å². The molecule has 0 saturated heterocycles. The van der Waals surface area contributed by atoms with Crippen molar-refractivity contribution in [3.8, 4) is 17.6 Å². The predicted molar refractivity (Wildman–Crippen MR) is 142 cm³/mol. The Morgan fingerprint density at radius 3 is 2.32 bits per heavy atom. The van der Waals surface area contributed by atoms with E-state index in [2.05, 4.69) is 11.4 Å². The number of aliphatic hydroxyl groups is 1. The van der Waals surface area contributed by atoms with Gasteiger partial charge < -0.3 is 19.9 Å². The first kappa shape index (κ1) is 25.9. The summed E-state index contributed by atoms with van der Waals surface area (Å²) in [5.41, 5.74) is 2.26. The van der Waals surface area contributed by atoms with E-state index in [1.165, 1.54) is 0 Å². The van der Waals surface area contributed by atoms with E-state index in [9.17, 15) is 9.90 Å². The minimum absolute atomic E-state index is 0.0611. The summed E-state index contributed by atoms with van der Waals surface area (Å²) in [6.45, 7) is 1.87. The molecule has 0 radical (unpaired) electrons. The molecule has 3 aliphatic carbocycles. The summed E-state index contributed by atoms with van der Waals surface area (Å²) in [5.74, 6) is 1.46. The highest BCUT2D eigenvalue weighted by Crippen LogP contribution is 2.52. The third-order valence-corrected chi connectivity index (χ3v) is 9.00. The van der Waals surface area contributed by atoms with Gasteiger partial charge in [-0.05, 0) is 113 Å². The summed E-state index contributed by atoms with van der Waals surface area (Å²) in [6, 6.07) is 13.2. The summed E-state index contributed by atoms with van der Waals surface area (Å²) in [4.78, 5) is 12.8. The molecule has 0 heterocycles. The zero-order valence-electron chi connectivity index (χ0n) is 21.3.